The van der Waals surface area contributed by atoms with Gasteiger partial charge in [-0.3, -0.25) is 4.79 Å². The van der Waals surface area contributed by atoms with Gasteiger partial charge in [-0.15, -0.1) is 0 Å². The maximum atomic E-state index is 12.5. The quantitative estimate of drug-likeness (QED) is 0.556. The summed E-state index contributed by atoms with van der Waals surface area (Å²) in [5.74, 6) is 0.253. The lowest BCUT2D eigenvalue weighted by molar-refractivity contribution is 0.0950. The Morgan fingerprint density at radius 2 is 2.00 bits per heavy atom. The average Bonchev–Trinajstić information content (AvgIpc) is 3.12. The molecule has 1 N–H and O–H groups in total. The Labute approximate surface area is 161 Å². The first-order chi connectivity index (χ1) is 13.7. The summed E-state index contributed by atoms with van der Waals surface area (Å²) in [6.07, 6.45) is 3.14. The van der Waals surface area contributed by atoms with Gasteiger partial charge >= 0.3 is 0 Å². The molecular weight excluding hydrogens is 356 g/mol. The number of hydrogen-bond acceptors (Lipinski definition) is 6. The van der Waals surface area contributed by atoms with E-state index in [0.29, 0.717) is 29.5 Å². The summed E-state index contributed by atoms with van der Waals surface area (Å²) >= 11 is 0. The van der Waals surface area contributed by atoms with E-state index in [-0.39, 0.29) is 12.5 Å². The van der Waals surface area contributed by atoms with Crippen LogP contribution < -0.4 is 10.1 Å². The lowest BCUT2D eigenvalue weighted by Gasteiger charge is -2.11. The predicted molar refractivity (Wildman–Crippen MR) is 103 cm³/mol. The van der Waals surface area contributed by atoms with Crippen LogP contribution in [0, 0.1) is 6.92 Å². The SMILES string of the molecule is Cc1noc2ncc(C(=O)NCc3cccnc3OCc3ccccc3)cc12. The Hall–Kier alpha value is -3.74. The maximum Gasteiger partial charge on any atom is 0.257 e. The number of pyridine rings is 2. The molecule has 3 heterocycles. The van der Waals surface area contributed by atoms with Gasteiger partial charge in [-0.25, -0.2) is 9.97 Å². The molecule has 7 heteroatoms. The van der Waals surface area contributed by atoms with Crippen molar-refractivity contribution in [3.63, 3.8) is 0 Å². The summed E-state index contributed by atoms with van der Waals surface area (Å²) in [6.45, 7) is 2.50. The molecule has 1 amide bonds. The van der Waals surface area contributed by atoms with Gasteiger partial charge in [-0.2, -0.15) is 0 Å². The molecule has 4 aromatic rings. The highest BCUT2D eigenvalue weighted by atomic mass is 16.5. The lowest BCUT2D eigenvalue weighted by Crippen LogP contribution is -2.23. The number of nitrogens with one attached hydrogen (secondary N) is 1. The Balaban J connectivity index is 1.44. The van der Waals surface area contributed by atoms with E-state index in [0.717, 1.165) is 16.5 Å². The standard InChI is InChI=1S/C21H18N4O3/c1-14-18-10-17(12-24-21(18)28-25-14)19(26)23-11-16-8-5-9-22-20(16)27-13-15-6-3-2-4-7-15/h2-10,12H,11,13H2,1H3,(H,23,26). The Bertz CT molecular complexity index is 1110. The van der Waals surface area contributed by atoms with Gasteiger partial charge in [0.15, 0.2) is 0 Å². The third kappa shape index (κ3) is 3.83. The summed E-state index contributed by atoms with van der Waals surface area (Å²) in [4.78, 5) is 20.9. The zero-order valence-electron chi connectivity index (χ0n) is 15.3. The highest BCUT2D eigenvalue weighted by molar-refractivity contribution is 5.96. The van der Waals surface area contributed by atoms with Gasteiger partial charge in [0.2, 0.25) is 5.88 Å². The fourth-order valence-electron chi connectivity index (χ4n) is 2.76. The van der Waals surface area contributed by atoms with Crippen LogP contribution in [0.25, 0.3) is 11.1 Å². The molecule has 3 aromatic heterocycles. The molecule has 4 rings (SSSR count). The number of carbonyl (C=O) groups excluding carboxylic acids is 1. The number of benzene rings is 1. The molecule has 0 saturated heterocycles. The summed E-state index contributed by atoms with van der Waals surface area (Å²) in [6, 6.07) is 15.3. The van der Waals surface area contributed by atoms with E-state index < -0.39 is 0 Å². The number of ether oxygens (including phenoxy) is 1. The van der Waals surface area contributed by atoms with Crippen molar-refractivity contribution in [2.24, 2.45) is 0 Å². The summed E-state index contributed by atoms with van der Waals surface area (Å²) in [7, 11) is 0. The average molecular weight is 374 g/mol. The van der Waals surface area contributed by atoms with E-state index in [9.17, 15) is 4.79 Å². The second-order valence-corrected chi connectivity index (χ2v) is 6.27. The molecule has 0 saturated carbocycles. The molecule has 28 heavy (non-hydrogen) atoms. The van der Waals surface area contributed by atoms with Gasteiger partial charge in [0, 0.05) is 24.5 Å². The number of amides is 1. The van der Waals surface area contributed by atoms with Crippen LogP contribution in [0.1, 0.15) is 27.2 Å². The summed E-state index contributed by atoms with van der Waals surface area (Å²) in [5, 5.41) is 7.46. The van der Waals surface area contributed by atoms with Crippen molar-refractivity contribution < 1.29 is 14.1 Å². The minimum absolute atomic E-state index is 0.243. The van der Waals surface area contributed by atoms with Gasteiger partial charge in [-0.05, 0) is 24.6 Å². The van der Waals surface area contributed by atoms with Gasteiger partial charge in [-0.1, -0.05) is 41.6 Å². The summed E-state index contributed by atoms with van der Waals surface area (Å²) < 4.78 is 10.9. The van der Waals surface area contributed by atoms with Crippen LogP contribution in [0.2, 0.25) is 0 Å². The molecule has 0 bridgehead atoms. The number of fused-ring (bicyclic) bond motifs is 1. The van der Waals surface area contributed by atoms with Crippen molar-refractivity contribution >= 4 is 17.0 Å². The monoisotopic (exact) mass is 374 g/mol. The van der Waals surface area contributed by atoms with E-state index in [1.807, 2.05) is 42.5 Å². The molecule has 0 atom stereocenters. The zero-order valence-corrected chi connectivity index (χ0v) is 15.3. The third-order valence-electron chi connectivity index (χ3n) is 4.28. The zero-order chi connectivity index (χ0) is 19.3. The Kier molecular flexibility index (Phi) is 4.97. The maximum absolute atomic E-state index is 12.5. The molecule has 0 aliphatic carbocycles. The molecule has 0 spiro atoms. The van der Waals surface area contributed by atoms with Crippen LogP contribution in [-0.4, -0.2) is 21.0 Å². The highest BCUT2D eigenvalue weighted by Crippen LogP contribution is 2.18. The summed E-state index contributed by atoms with van der Waals surface area (Å²) in [5.41, 5.74) is 3.39. The van der Waals surface area contributed by atoms with E-state index in [4.69, 9.17) is 9.26 Å². The van der Waals surface area contributed by atoms with Gasteiger partial charge in [0.05, 0.1) is 16.6 Å². The van der Waals surface area contributed by atoms with Crippen LogP contribution in [0.15, 0.2) is 65.4 Å². The molecule has 7 nitrogen and oxygen atoms in total. The molecular formula is C21H18N4O3. The third-order valence-corrected chi connectivity index (χ3v) is 4.28. The minimum Gasteiger partial charge on any atom is -0.473 e. The van der Waals surface area contributed by atoms with Gasteiger partial charge < -0.3 is 14.6 Å². The minimum atomic E-state index is -0.243. The topological polar surface area (TPSA) is 90.1 Å². The van der Waals surface area contributed by atoms with Crippen molar-refractivity contribution in [2.75, 3.05) is 0 Å². The normalized spacial score (nSPS) is 10.8. The molecule has 0 aliphatic rings. The number of aryl methyl sites for hydroxylation is 1. The first kappa shape index (κ1) is 17.7. The lowest BCUT2D eigenvalue weighted by atomic mass is 10.2. The second kappa shape index (κ2) is 7.87. The largest absolute Gasteiger partial charge is 0.473 e. The Morgan fingerprint density at radius 1 is 1.14 bits per heavy atom. The van der Waals surface area contributed by atoms with Gasteiger partial charge in [0.1, 0.15) is 6.61 Å². The fourth-order valence-corrected chi connectivity index (χ4v) is 2.76. The van der Waals surface area contributed by atoms with Crippen molar-refractivity contribution in [3.8, 4) is 5.88 Å². The Morgan fingerprint density at radius 3 is 2.86 bits per heavy atom. The number of aromatic nitrogens is 3. The smallest absolute Gasteiger partial charge is 0.257 e. The molecule has 140 valence electrons. The van der Waals surface area contributed by atoms with Crippen LogP contribution >= 0.6 is 0 Å². The van der Waals surface area contributed by atoms with Crippen molar-refractivity contribution in [2.45, 2.75) is 20.1 Å². The number of carbonyl (C=O) groups is 1. The van der Waals surface area contributed by atoms with Crippen LogP contribution in [0.5, 0.6) is 5.88 Å². The molecule has 0 radical (unpaired) electrons. The first-order valence-electron chi connectivity index (χ1n) is 8.81. The molecule has 1 aromatic carbocycles. The molecule has 0 unspecified atom stereocenters. The predicted octanol–water partition coefficient (Wildman–Crippen LogP) is 3.44. The van der Waals surface area contributed by atoms with E-state index >= 15 is 0 Å². The van der Waals surface area contributed by atoms with E-state index in [2.05, 4.69) is 20.4 Å². The van der Waals surface area contributed by atoms with Crippen LogP contribution in [0.3, 0.4) is 0 Å². The van der Waals surface area contributed by atoms with E-state index in [1.54, 1.807) is 19.2 Å². The van der Waals surface area contributed by atoms with Crippen molar-refractivity contribution in [1.29, 1.82) is 0 Å². The number of rotatable bonds is 6. The molecule has 0 aliphatic heterocycles. The molecule has 0 fully saturated rings. The second-order valence-electron chi connectivity index (χ2n) is 6.27. The van der Waals surface area contributed by atoms with Crippen molar-refractivity contribution in [1.82, 2.24) is 20.4 Å². The van der Waals surface area contributed by atoms with Gasteiger partial charge in [0.25, 0.3) is 11.6 Å². The fraction of sp³-hybridized carbons (Fsp3) is 0.143. The first-order valence-corrected chi connectivity index (χ1v) is 8.81. The van der Waals surface area contributed by atoms with Crippen LogP contribution in [-0.2, 0) is 13.2 Å². The number of hydrogen-bond donors (Lipinski definition) is 1. The van der Waals surface area contributed by atoms with E-state index in [1.165, 1.54) is 6.20 Å². The highest BCUT2D eigenvalue weighted by Gasteiger charge is 2.13. The van der Waals surface area contributed by atoms with Crippen LogP contribution in [0.4, 0.5) is 0 Å². The number of nitrogens with zero attached hydrogens (tertiary/aromatic N) is 3. The van der Waals surface area contributed by atoms with Crippen molar-refractivity contribution in [3.05, 3.63) is 83.3 Å².